The van der Waals surface area contributed by atoms with Gasteiger partial charge in [-0.25, -0.2) is 4.79 Å². The van der Waals surface area contributed by atoms with Gasteiger partial charge in [0, 0.05) is 45.0 Å². The lowest BCUT2D eigenvalue weighted by atomic mass is 9.90. The molecule has 0 aliphatic carbocycles. The standard InChI is InChI=1S/C24H32N4O2/c1-26-14-16-27(17-15-26)22-18-21(8-9-23(22)30-2)25-24(29)28-12-10-20(11-13-28)19-6-4-3-5-7-19/h3-9,18,20H,10-17H2,1-2H3,(H,25,29). The summed E-state index contributed by atoms with van der Waals surface area (Å²) in [5, 5.41) is 3.10. The zero-order valence-electron chi connectivity index (χ0n) is 18.0. The number of anilines is 2. The van der Waals surface area contributed by atoms with Gasteiger partial charge in [-0.2, -0.15) is 0 Å². The molecule has 0 bridgehead atoms. The monoisotopic (exact) mass is 408 g/mol. The second-order valence-electron chi connectivity index (χ2n) is 8.28. The Labute approximate surface area is 179 Å². The summed E-state index contributed by atoms with van der Waals surface area (Å²) >= 11 is 0. The summed E-state index contributed by atoms with van der Waals surface area (Å²) in [6.45, 7) is 5.53. The molecule has 2 saturated heterocycles. The van der Waals surface area contributed by atoms with Crippen LogP contribution in [-0.4, -0.2) is 69.3 Å². The highest BCUT2D eigenvalue weighted by atomic mass is 16.5. The van der Waals surface area contributed by atoms with Crippen LogP contribution < -0.4 is 15.0 Å². The van der Waals surface area contributed by atoms with Gasteiger partial charge in [-0.15, -0.1) is 0 Å². The average Bonchev–Trinajstić information content (AvgIpc) is 2.80. The van der Waals surface area contributed by atoms with E-state index in [0.29, 0.717) is 5.92 Å². The molecule has 2 aromatic carbocycles. The molecular weight excluding hydrogens is 376 g/mol. The van der Waals surface area contributed by atoms with Crippen molar-refractivity contribution in [1.82, 2.24) is 9.80 Å². The predicted octanol–water partition coefficient (Wildman–Crippen LogP) is 3.86. The van der Waals surface area contributed by atoms with E-state index in [1.54, 1.807) is 7.11 Å². The summed E-state index contributed by atoms with van der Waals surface area (Å²) in [5.41, 5.74) is 3.25. The van der Waals surface area contributed by atoms with Gasteiger partial charge in [0.1, 0.15) is 5.75 Å². The summed E-state index contributed by atoms with van der Waals surface area (Å²) in [6, 6.07) is 16.5. The lowest BCUT2D eigenvalue weighted by molar-refractivity contribution is 0.194. The van der Waals surface area contributed by atoms with Crippen molar-refractivity contribution in [2.45, 2.75) is 18.8 Å². The van der Waals surface area contributed by atoms with Crippen LogP contribution >= 0.6 is 0 Å². The average molecular weight is 409 g/mol. The van der Waals surface area contributed by atoms with Crippen molar-refractivity contribution in [3.63, 3.8) is 0 Å². The second kappa shape index (κ2) is 9.39. The number of likely N-dealkylation sites (tertiary alicyclic amines) is 1. The molecule has 2 amide bonds. The smallest absolute Gasteiger partial charge is 0.321 e. The van der Waals surface area contributed by atoms with E-state index in [0.717, 1.165) is 69.2 Å². The molecule has 2 heterocycles. The summed E-state index contributed by atoms with van der Waals surface area (Å²) in [4.78, 5) is 19.4. The fourth-order valence-corrected chi connectivity index (χ4v) is 4.41. The minimum Gasteiger partial charge on any atom is -0.495 e. The summed E-state index contributed by atoms with van der Waals surface area (Å²) in [6.07, 6.45) is 2.01. The van der Waals surface area contributed by atoms with Crippen LogP contribution in [-0.2, 0) is 0 Å². The van der Waals surface area contributed by atoms with Crippen LogP contribution in [0, 0.1) is 0 Å². The van der Waals surface area contributed by atoms with E-state index in [1.165, 1.54) is 5.56 Å². The Morgan fingerprint density at radius 1 is 0.967 bits per heavy atom. The third-order valence-electron chi connectivity index (χ3n) is 6.33. The molecule has 2 aromatic rings. The van der Waals surface area contributed by atoms with Crippen molar-refractivity contribution < 1.29 is 9.53 Å². The van der Waals surface area contributed by atoms with Gasteiger partial charge in [0.2, 0.25) is 0 Å². The molecular formula is C24H32N4O2. The fraction of sp³-hybridized carbons (Fsp3) is 0.458. The van der Waals surface area contributed by atoms with Crippen LogP contribution in [0.1, 0.15) is 24.3 Å². The summed E-state index contributed by atoms with van der Waals surface area (Å²) in [5.74, 6) is 1.39. The number of amides is 2. The van der Waals surface area contributed by atoms with Crippen molar-refractivity contribution in [1.29, 1.82) is 0 Å². The number of hydrogen-bond donors (Lipinski definition) is 1. The molecule has 6 heteroatoms. The number of methoxy groups -OCH3 is 1. The number of rotatable bonds is 4. The number of nitrogens with zero attached hydrogens (tertiary/aromatic N) is 3. The van der Waals surface area contributed by atoms with Crippen molar-refractivity contribution in [2.75, 3.05) is 63.6 Å². The first kappa shape index (κ1) is 20.5. The Balaban J connectivity index is 1.38. The third-order valence-corrected chi connectivity index (χ3v) is 6.33. The van der Waals surface area contributed by atoms with E-state index in [9.17, 15) is 4.79 Å². The quantitative estimate of drug-likeness (QED) is 0.835. The van der Waals surface area contributed by atoms with Crippen molar-refractivity contribution in [3.05, 3.63) is 54.1 Å². The largest absolute Gasteiger partial charge is 0.495 e. The second-order valence-corrected chi connectivity index (χ2v) is 8.28. The molecule has 0 spiro atoms. The molecule has 0 atom stereocenters. The van der Waals surface area contributed by atoms with Crippen LogP contribution in [0.25, 0.3) is 0 Å². The Morgan fingerprint density at radius 3 is 2.33 bits per heavy atom. The van der Waals surface area contributed by atoms with E-state index >= 15 is 0 Å². The molecule has 1 N–H and O–H groups in total. The van der Waals surface area contributed by atoms with Gasteiger partial charge < -0.3 is 24.8 Å². The van der Waals surface area contributed by atoms with Crippen molar-refractivity contribution in [3.8, 4) is 5.75 Å². The fourth-order valence-electron chi connectivity index (χ4n) is 4.41. The molecule has 2 aliphatic heterocycles. The topological polar surface area (TPSA) is 48.1 Å². The highest BCUT2D eigenvalue weighted by Gasteiger charge is 2.24. The first-order valence-electron chi connectivity index (χ1n) is 10.9. The van der Waals surface area contributed by atoms with Crippen LogP contribution in [0.5, 0.6) is 5.75 Å². The number of ether oxygens (including phenoxy) is 1. The maximum atomic E-state index is 12.9. The Bertz CT molecular complexity index is 842. The van der Waals surface area contributed by atoms with Gasteiger partial charge in [-0.1, -0.05) is 30.3 Å². The maximum absolute atomic E-state index is 12.9. The zero-order valence-corrected chi connectivity index (χ0v) is 18.0. The Kier molecular flexibility index (Phi) is 6.43. The molecule has 2 fully saturated rings. The molecule has 30 heavy (non-hydrogen) atoms. The zero-order chi connectivity index (χ0) is 20.9. The van der Waals surface area contributed by atoms with E-state index in [-0.39, 0.29) is 6.03 Å². The van der Waals surface area contributed by atoms with E-state index in [1.807, 2.05) is 23.1 Å². The number of benzene rings is 2. The van der Waals surface area contributed by atoms with Gasteiger partial charge in [0.25, 0.3) is 0 Å². The van der Waals surface area contributed by atoms with Gasteiger partial charge >= 0.3 is 6.03 Å². The molecule has 4 rings (SSSR count). The Morgan fingerprint density at radius 2 is 1.67 bits per heavy atom. The number of nitrogens with one attached hydrogen (secondary N) is 1. The number of hydrogen-bond acceptors (Lipinski definition) is 4. The molecule has 0 aromatic heterocycles. The normalized spacial score (nSPS) is 18.3. The lowest BCUT2D eigenvalue weighted by Gasteiger charge is -2.35. The summed E-state index contributed by atoms with van der Waals surface area (Å²) < 4.78 is 5.58. The SMILES string of the molecule is COc1ccc(NC(=O)N2CCC(c3ccccc3)CC2)cc1N1CCN(C)CC1. The first-order valence-corrected chi connectivity index (χ1v) is 10.9. The van der Waals surface area contributed by atoms with Gasteiger partial charge in [0.05, 0.1) is 12.8 Å². The van der Waals surface area contributed by atoms with Crippen molar-refractivity contribution in [2.24, 2.45) is 0 Å². The molecule has 160 valence electrons. The van der Waals surface area contributed by atoms with Crippen LogP contribution in [0.4, 0.5) is 16.2 Å². The lowest BCUT2D eigenvalue weighted by Crippen LogP contribution is -2.44. The summed E-state index contributed by atoms with van der Waals surface area (Å²) in [7, 11) is 3.84. The van der Waals surface area contributed by atoms with Crippen molar-refractivity contribution >= 4 is 17.4 Å². The molecule has 0 unspecified atom stereocenters. The van der Waals surface area contributed by atoms with E-state index < -0.39 is 0 Å². The number of piperazine rings is 1. The van der Waals surface area contributed by atoms with E-state index in [4.69, 9.17) is 4.74 Å². The minimum absolute atomic E-state index is 0.0176. The van der Waals surface area contributed by atoms with Crippen LogP contribution in [0.15, 0.2) is 48.5 Å². The van der Waals surface area contributed by atoms with Gasteiger partial charge in [-0.3, -0.25) is 0 Å². The number of likely N-dealkylation sites (N-methyl/N-ethyl adjacent to an activating group) is 1. The first-order chi connectivity index (χ1) is 14.6. The van der Waals surface area contributed by atoms with Crippen LogP contribution in [0.2, 0.25) is 0 Å². The number of urea groups is 1. The number of carbonyl (C=O) groups excluding carboxylic acids is 1. The van der Waals surface area contributed by atoms with Gasteiger partial charge in [-0.05, 0) is 49.6 Å². The van der Waals surface area contributed by atoms with Crippen LogP contribution in [0.3, 0.4) is 0 Å². The molecule has 0 saturated carbocycles. The predicted molar refractivity (Wildman–Crippen MR) is 122 cm³/mol. The maximum Gasteiger partial charge on any atom is 0.321 e. The minimum atomic E-state index is -0.0176. The number of carbonyl (C=O) groups is 1. The highest BCUT2D eigenvalue weighted by molar-refractivity contribution is 5.90. The molecule has 0 radical (unpaired) electrons. The number of piperidine rings is 1. The highest BCUT2D eigenvalue weighted by Crippen LogP contribution is 2.33. The Hall–Kier alpha value is -2.73. The van der Waals surface area contributed by atoms with Gasteiger partial charge in [0.15, 0.2) is 0 Å². The third kappa shape index (κ3) is 4.70. The van der Waals surface area contributed by atoms with E-state index in [2.05, 4.69) is 52.5 Å². The molecule has 2 aliphatic rings. The molecule has 6 nitrogen and oxygen atoms in total.